The van der Waals surface area contributed by atoms with Crippen molar-refractivity contribution in [2.45, 2.75) is 12.6 Å². The Hall–Kier alpha value is -0.0951. The Bertz CT molecular complexity index is 110. The van der Waals surface area contributed by atoms with Crippen LogP contribution in [0.2, 0.25) is 0 Å². The normalized spacial score (nSPS) is 33.5. The largest absolute Gasteiger partial charge is 0.359 e. The van der Waals surface area contributed by atoms with Crippen LogP contribution in [-0.2, 0) is 18.9 Å². The summed E-state index contributed by atoms with van der Waals surface area (Å²) in [6, 6.07) is 0. The topological polar surface area (TPSA) is 43.5 Å². The summed E-state index contributed by atoms with van der Waals surface area (Å²) in [4.78, 5) is 0. The summed E-state index contributed by atoms with van der Waals surface area (Å²) in [5.74, 6) is 0. The zero-order valence-electron chi connectivity index (χ0n) is 6.19. The van der Waals surface area contributed by atoms with Gasteiger partial charge in [-0.1, -0.05) is 0 Å². The van der Waals surface area contributed by atoms with Crippen molar-refractivity contribution in [3.63, 3.8) is 0 Å². The van der Waals surface area contributed by atoms with Crippen LogP contribution in [0.4, 0.5) is 0 Å². The molecule has 0 saturated carbocycles. The van der Waals surface area contributed by atoms with E-state index in [0.29, 0.717) is 13.0 Å². The SMILES string of the molecule is [B](COC1CO1)COC1CO1. The second-order valence-electron chi connectivity index (χ2n) is 2.48. The van der Waals surface area contributed by atoms with E-state index in [0.717, 1.165) is 13.2 Å². The van der Waals surface area contributed by atoms with Crippen LogP contribution in [0, 0.1) is 0 Å². The predicted octanol–water partition coefficient (Wildman–Crippen LogP) is -0.649. The van der Waals surface area contributed by atoms with Crippen molar-refractivity contribution in [3.05, 3.63) is 0 Å². The van der Waals surface area contributed by atoms with Crippen LogP contribution in [-0.4, -0.2) is 46.1 Å². The fourth-order valence-corrected chi connectivity index (χ4v) is 0.670. The first-order valence-corrected chi connectivity index (χ1v) is 3.73. The molecule has 2 fully saturated rings. The maximum absolute atomic E-state index is 5.16. The minimum atomic E-state index is 0.0448. The molecule has 0 aliphatic carbocycles. The standard InChI is InChI=1S/C6H10BO4/c1-5(8-1)10-3-7-4-11-6-2-9-6/h5-6H,1-4H2. The Kier molecular flexibility index (Phi) is 2.43. The summed E-state index contributed by atoms with van der Waals surface area (Å²) < 4.78 is 20.0. The monoisotopic (exact) mass is 157 g/mol. The summed E-state index contributed by atoms with van der Waals surface area (Å²) in [6.45, 7) is 2.66. The molecule has 2 unspecified atom stereocenters. The number of ether oxygens (including phenoxy) is 4. The van der Waals surface area contributed by atoms with Crippen LogP contribution in [0.25, 0.3) is 0 Å². The van der Waals surface area contributed by atoms with Gasteiger partial charge in [0.1, 0.15) is 13.2 Å². The first-order chi connectivity index (χ1) is 5.45. The molecule has 0 bridgehead atoms. The molecule has 2 saturated heterocycles. The third kappa shape index (κ3) is 3.20. The summed E-state index contributed by atoms with van der Waals surface area (Å²) >= 11 is 0. The molecule has 0 aromatic carbocycles. The van der Waals surface area contributed by atoms with Crippen LogP contribution in [0.1, 0.15) is 0 Å². The van der Waals surface area contributed by atoms with Gasteiger partial charge in [0, 0.05) is 13.0 Å². The highest BCUT2D eigenvalue weighted by Gasteiger charge is 2.24. The van der Waals surface area contributed by atoms with E-state index >= 15 is 0 Å². The molecule has 2 heterocycles. The van der Waals surface area contributed by atoms with Gasteiger partial charge in [0.15, 0.2) is 19.9 Å². The maximum Gasteiger partial charge on any atom is 0.180 e. The highest BCUT2D eigenvalue weighted by Crippen LogP contribution is 2.10. The Labute approximate surface area is 66.0 Å². The lowest BCUT2D eigenvalue weighted by molar-refractivity contribution is 0.0652. The van der Waals surface area contributed by atoms with E-state index < -0.39 is 0 Å². The lowest BCUT2D eigenvalue weighted by Crippen LogP contribution is -2.13. The Morgan fingerprint density at radius 2 is 1.55 bits per heavy atom. The van der Waals surface area contributed by atoms with Gasteiger partial charge in [0.2, 0.25) is 0 Å². The second kappa shape index (κ2) is 3.54. The highest BCUT2D eigenvalue weighted by atomic mass is 16.8. The zero-order valence-corrected chi connectivity index (χ0v) is 6.19. The lowest BCUT2D eigenvalue weighted by atomic mass is 9.82. The van der Waals surface area contributed by atoms with Gasteiger partial charge in [0.05, 0.1) is 0 Å². The second-order valence-corrected chi connectivity index (χ2v) is 2.48. The molecule has 2 atom stereocenters. The minimum absolute atomic E-state index is 0.0448. The van der Waals surface area contributed by atoms with Crippen LogP contribution in [0.15, 0.2) is 0 Å². The fourth-order valence-electron chi connectivity index (χ4n) is 0.670. The van der Waals surface area contributed by atoms with Gasteiger partial charge in [-0.3, -0.25) is 0 Å². The molecule has 4 nitrogen and oxygen atoms in total. The van der Waals surface area contributed by atoms with Crippen molar-refractivity contribution in [2.24, 2.45) is 0 Å². The van der Waals surface area contributed by atoms with E-state index in [9.17, 15) is 0 Å². The van der Waals surface area contributed by atoms with Gasteiger partial charge in [0.25, 0.3) is 0 Å². The quantitative estimate of drug-likeness (QED) is 0.292. The highest BCUT2D eigenvalue weighted by molar-refractivity contribution is 6.34. The van der Waals surface area contributed by atoms with E-state index in [-0.39, 0.29) is 12.6 Å². The van der Waals surface area contributed by atoms with E-state index in [1.807, 2.05) is 7.28 Å². The van der Waals surface area contributed by atoms with Gasteiger partial charge in [-0.2, -0.15) is 0 Å². The number of hydrogen-bond donors (Lipinski definition) is 0. The van der Waals surface area contributed by atoms with Crippen molar-refractivity contribution in [1.29, 1.82) is 0 Å². The first kappa shape index (κ1) is 7.55. The average molecular weight is 157 g/mol. The third-order valence-electron chi connectivity index (χ3n) is 1.41. The number of hydrogen-bond acceptors (Lipinski definition) is 4. The molecule has 11 heavy (non-hydrogen) atoms. The van der Waals surface area contributed by atoms with Crippen molar-refractivity contribution in [1.82, 2.24) is 0 Å². The van der Waals surface area contributed by atoms with E-state index in [4.69, 9.17) is 18.9 Å². The number of rotatable bonds is 6. The molecule has 0 spiro atoms. The Morgan fingerprint density at radius 3 is 1.91 bits per heavy atom. The lowest BCUT2D eigenvalue weighted by Gasteiger charge is -1.98. The minimum Gasteiger partial charge on any atom is -0.359 e. The molecule has 2 rings (SSSR count). The Morgan fingerprint density at radius 1 is 1.09 bits per heavy atom. The molecule has 0 amide bonds. The van der Waals surface area contributed by atoms with Gasteiger partial charge in [-0.05, 0) is 0 Å². The molecule has 0 aromatic rings. The van der Waals surface area contributed by atoms with Crippen LogP contribution >= 0.6 is 0 Å². The van der Waals surface area contributed by atoms with Crippen molar-refractivity contribution in [2.75, 3.05) is 26.2 Å². The molecule has 2 aliphatic heterocycles. The molecule has 5 heteroatoms. The molecular weight excluding hydrogens is 147 g/mol. The van der Waals surface area contributed by atoms with Crippen molar-refractivity contribution in [3.8, 4) is 0 Å². The van der Waals surface area contributed by atoms with Crippen LogP contribution in [0.3, 0.4) is 0 Å². The summed E-state index contributed by atoms with van der Waals surface area (Å²) in [5, 5.41) is 0. The van der Waals surface area contributed by atoms with Gasteiger partial charge in [-0.25, -0.2) is 0 Å². The molecular formula is C6H10BO4. The predicted molar refractivity (Wildman–Crippen MR) is 37.1 cm³/mol. The van der Waals surface area contributed by atoms with Crippen molar-refractivity contribution < 1.29 is 18.9 Å². The van der Waals surface area contributed by atoms with Gasteiger partial charge >= 0.3 is 0 Å². The maximum atomic E-state index is 5.16. The Balaban J connectivity index is 1.35. The van der Waals surface area contributed by atoms with Crippen LogP contribution < -0.4 is 0 Å². The summed E-state index contributed by atoms with van der Waals surface area (Å²) in [5.41, 5.74) is 0. The molecule has 2 aliphatic rings. The van der Waals surface area contributed by atoms with Gasteiger partial charge < -0.3 is 18.9 Å². The van der Waals surface area contributed by atoms with E-state index in [1.54, 1.807) is 0 Å². The van der Waals surface area contributed by atoms with Crippen molar-refractivity contribution >= 4 is 7.28 Å². The number of epoxide rings is 2. The fraction of sp³-hybridized carbons (Fsp3) is 1.00. The summed E-state index contributed by atoms with van der Waals surface area (Å²) in [6.07, 6.45) is 0.0897. The summed E-state index contributed by atoms with van der Waals surface area (Å²) in [7, 11) is 1.92. The van der Waals surface area contributed by atoms with E-state index in [2.05, 4.69) is 0 Å². The van der Waals surface area contributed by atoms with Gasteiger partial charge in [-0.15, -0.1) is 0 Å². The smallest absolute Gasteiger partial charge is 0.180 e. The molecule has 0 aromatic heterocycles. The zero-order chi connectivity index (χ0) is 7.52. The first-order valence-electron chi connectivity index (χ1n) is 3.73. The third-order valence-corrected chi connectivity index (χ3v) is 1.41. The van der Waals surface area contributed by atoms with E-state index in [1.165, 1.54) is 0 Å². The molecule has 0 N–H and O–H groups in total. The average Bonchev–Trinajstić information content (AvgIpc) is 2.83. The molecule has 1 radical (unpaired) electrons. The molecule has 61 valence electrons. The van der Waals surface area contributed by atoms with Crippen LogP contribution in [0.5, 0.6) is 0 Å².